The number of sulfone groups is 1. The van der Waals surface area contributed by atoms with Crippen LogP contribution in [0.15, 0.2) is 28.5 Å². The number of phenols is 1. The minimum atomic E-state index is -3.21. The average molecular weight is 222 g/mol. The van der Waals surface area contributed by atoms with Gasteiger partial charge in [0.25, 0.3) is 0 Å². The van der Waals surface area contributed by atoms with Crippen LogP contribution in [-0.4, -0.2) is 64.9 Å². The second kappa shape index (κ2) is 3.84. The van der Waals surface area contributed by atoms with Crippen LogP contribution in [0.4, 0.5) is 0 Å². The molecule has 0 unspecified atom stereocenters. The monoisotopic (exact) mass is 222 g/mol. The first kappa shape index (κ1) is 11.4. The number of aromatic hydroxyl groups is 1. The molecule has 1 heterocycles. The molecule has 0 fully saturated rings. The molecule has 0 saturated heterocycles. The van der Waals surface area contributed by atoms with Crippen LogP contribution in [0, 0.1) is 0 Å². The van der Waals surface area contributed by atoms with Gasteiger partial charge >= 0.3 is 51.4 Å². The van der Waals surface area contributed by atoms with Crippen molar-refractivity contribution < 1.29 is 13.5 Å². The van der Waals surface area contributed by atoms with Gasteiger partial charge in [-0.05, 0) is 29.8 Å². The van der Waals surface area contributed by atoms with Gasteiger partial charge in [-0.1, -0.05) is 0 Å². The second-order valence-corrected chi connectivity index (χ2v) is 4.37. The normalized spacial score (nSPS) is 16.3. The van der Waals surface area contributed by atoms with Crippen LogP contribution >= 0.6 is 0 Å². The van der Waals surface area contributed by atoms with Gasteiger partial charge in [-0.3, -0.25) is 0 Å². The zero-order chi connectivity index (χ0) is 8.77. The first-order valence-electron chi connectivity index (χ1n) is 3.36. The Kier molecular flexibility index (Phi) is 3.37. The standard InChI is InChI=1S/C8H6O3S.K.H/c9-7-1-2-8-6(5-7)3-4-12(8,10)11;;/h1-5,9H;;. The molecule has 1 aromatic carbocycles. The van der Waals surface area contributed by atoms with Crippen LogP contribution in [0.2, 0.25) is 0 Å². The molecule has 1 aromatic rings. The van der Waals surface area contributed by atoms with Crippen molar-refractivity contribution in [3.05, 3.63) is 29.2 Å². The predicted octanol–water partition coefficient (Wildman–Crippen LogP) is 0.502. The molecule has 0 aliphatic carbocycles. The summed E-state index contributed by atoms with van der Waals surface area (Å²) in [6.45, 7) is 0. The van der Waals surface area contributed by atoms with Gasteiger partial charge in [-0.15, -0.1) is 0 Å². The summed E-state index contributed by atoms with van der Waals surface area (Å²) in [5.41, 5.74) is 0.551. The van der Waals surface area contributed by atoms with Gasteiger partial charge in [0.2, 0.25) is 0 Å². The fourth-order valence-corrected chi connectivity index (χ4v) is 2.35. The van der Waals surface area contributed by atoms with Gasteiger partial charge in [-0.25, -0.2) is 8.42 Å². The van der Waals surface area contributed by atoms with Gasteiger partial charge in [-0.2, -0.15) is 0 Å². The molecule has 0 saturated carbocycles. The van der Waals surface area contributed by atoms with E-state index >= 15 is 0 Å². The van der Waals surface area contributed by atoms with Gasteiger partial charge in [0.15, 0.2) is 9.84 Å². The molecule has 1 N–H and O–H groups in total. The van der Waals surface area contributed by atoms with E-state index in [1.807, 2.05) is 0 Å². The van der Waals surface area contributed by atoms with E-state index in [1.54, 1.807) is 0 Å². The zero-order valence-corrected chi connectivity index (χ0v) is 6.88. The topological polar surface area (TPSA) is 54.4 Å². The van der Waals surface area contributed by atoms with Gasteiger partial charge in [0.05, 0.1) is 4.90 Å². The molecule has 0 bridgehead atoms. The van der Waals surface area contributed by atoms with Gasteiger partial charge < -0.3 is 5.11 Å². The van der Waals surface area contributed by atoms with Crippen molar-refractivity contribution in [3.8, 4) is 5.75 Å². The Morgan fingerprint density at radius 1 is 1.23 bits per heavy atom. The Morgan fingerprint density at radius 3 is 2.62 bits per heavy atom. The number of fused-ring (bicyclic) bond motifs is 1. The number of hydrogen-bond acceptors (Lipinski definition) is 3. The Labute approximate surface area is 119 Å². The molecular weight excluding hydrogens is 215 g/mol. The van der Waals surface area contributed by atoms with Crippen LogP contribution in [0.5, 0.6) is 5.75 Å². The molecule has 2 rings (SSSR count). The summed E-state index contributed by atoms with van der Waals surface area (Å²) in [6.07, 6.45) is 1.48. The zero-order valence-electron chi connectivity index (χ0n) is 6.06. The maximum atomic E-state index is 11.2. The molecule has 0 aromatic heterocycles. The number of rotatable bonds is 0. The molecule has 5 heteroatoms. The average Bonchev–Trinajstić information content (AvgIpc) is 2.27. The van der Waals surface area contributed by atoms with Crippen LogP contribution in [-0.2, 0) is 9.84 Å². The summed E-state index contributed by atoms with van der Waals surface area (Å²) in [5, 5.41) is 10.2. The van der Waals surface area contributed by atoms with Gasteiger partial charge in [0, 0.05) is 5.41 Å². The fraction of sp³-hybridized carbons (Fsp3) is 0. The summed E-state index contributed by atoms with van der Waals surface area (Å²) >= 11 is 0. The van der Waals surface area contributed by atoms with E-state index in [4.69, 9.17) is 5.11 Å². The van der Waals surface area contributed by atoms with Crippen molar-refractivity contribution in [2.45, 2.75) is 4.90 Å². The van der Waals surface area contributed by atoms with E-state index in [0.717, 1.165) is 5.41 Å². The number of hydrogen-bond donors (Lipinski definition) is 1. The molecule has 0 radical (unpaired) electrons. The van der Waals surface area contributed by atoms with Crippen molar-refractivity contribution in [2.24, 2.45) is 0 Å². The van der Waals surface area contributed by atoms with E-state index in [2.05, 4.69) is 0 Å². The van der Waals surface area contributed by atoms with Crippen LogP contribution < -0.4 is 0 Å². The Morgan fingerprint density at radius 2 is 1.92 bits per heavy atom. The van der Waals surface area contributed by atoms with E-state index in [-0.39, 0.29) is 62.0 Å². The van der Waals surface area contributed by atoms with E-state index in [1.165, 1.54) is 24.3 Å². The van der Waals surface area contributed by atoms with Crippen molar-refractivity contribution >= 4 is 67.3 Å². The molecule has 3 nitrogen and oxygen atoms in total. The first-order valence-corrected chi connectivity index (χ1v) is 4.90. The third-order valence-corrected chi connectivity index (χ3v) is 3.21. The maximum absolute atomic E-state index is 11.2. The molecule has 64 valence electrons. The Hall–Kier alpha value is 0.346. The summed E-state index contributed by atoms with van der Waals surface area (Å²) in [5.74, 6) is 0.0792. The fourth-order valence-electron chi connectivity index (χ4n) is 1.16. The molecule has 1 aliphatic rings. The summed E-state index contributed by atoms with van der Waals surface area (Å²) in [7, 11) is -3.21. The van der Waals surface area contributed by atoms with Gasteiger partial charge in [0.1, 0.15) is 5.75 Å². The van der Waals surface area contributed by atoms with Crippen LogP contribution in [0.1, 0.15) is 5.56 Å². The Bertz CT molecular complexity index is 462. The second-order valence-electron chi connectivity index (χ2n) is 2.57. The minimum absolute atomic E-state index is 0. The number of benzene rings is 1. The summed E-state index contributed by atoms with van der Waals surface area (Å²) in [4.78, 5) is 0.264. The molecule has 13 heavy (non-hydrogen) atoms. The predicted molar refractivity (Wildman–Crippen MR) is 51.5 cm³/mol. The molecular formula is C8H7KO3S. The first-order chi connectivity index (χ1) is 5.59. The van der Waals surface area contributed by atoms with E-state index in [0.29, 0.717) is 5.56 Å². The molecule has 0 amide bonds. The molecule has 0 spiro atoms. The van der Waals surface area contributed by atoms with Crippen molar-refractivity contribution in [2.75, 3.05) is 0 Å². The van der Waals surface area contributed by atoms with Crippen molar-refractivity contribution in [3.63, 3.8) is 0 Å². The summed E-state index contributed by atoms with van der Waals surface area (Å²) < 4.78 is 22.4. The molecule has 1 aliphatic heterocycles. The molecule has 0 atom stereocenters. The van der Waals surface area contributed by atoms with Crippen molar-refractivity contribution in [1.29, 1.82) is 0 Å². The van der Waals surface area contributed by atoms with Crippen LogP contribution in [0.3, 0.4) is 0 Å². The third kappa shape index (κ3) is 2.06. The van der Waals surface area contributed by atoms with E-state index < -0.39 is 9.84 Å². The SMILES string of the molecule is O=S1(=O)C=Cc2cc(O)ccc21.[KH]. The third-order valence-electron chi connectivity index (χ3n) is 1.73. The van der Waals surface area contributed by atoms with Crippen molar-refractivity contribution in [1.82, 2.24) is 0 Å². The summed E-state index contributed by atoms with van der Waals surface area (Å²) in [6, 6.07) is 4.19. The van der Waals surface area contributed by atoms with Crippen LogP contribution in [0.25, 0.3) is 6.08 Å². The Balaban J connectivity index is 0.000000845. The number of phenolic OH excluding ortho intramolecular Hbond substituents is 1. The quantitative estimate of drug-likeness (QED) is 0.650. The van der Waals surface area contributed by atoms with E-state index in [9.17, 15) is 8.42 Å².